The number of nitrogens with zero attached hydrogens (tertiary/aromatic N) is 2. The Morgan fingerprint density at radius 2 is 1.84 bits per heavy atom. The second kappa shape index (κ2) is 7.46. The molecule has 3 amide bonds. The van der Waals surface area contributed by atoms with Gasteiger partial charge in [-0.15, -0.1) is 0 Å². The highest BCUT2D eigenvalue weighted by Crippen LogP contribution is 2.37. The van der Waals surface area contributed by atoms with Crippen LogP contribution in [0.25, 0.3) is 11.3 Å². The van der Waals surface area contributed by atoms with E-state index in [1.807, 2.05) is 30.3 Å². The van der Waals surface area contributed by atoms with Crippen LogP contribution in [0.1, 0.15) is 24.8 Å². The molecule has 1 saturated heterocycles. The summed E-state index contributed by atoms with van der Waals surface area (Å²) in [5.74, 6) is 1.67. The molecule has 1 atom stereocenters. The predicted octanol–water partition coefficient (Wildman–Crippen LogP) is 3.47. The highest BCUT2D eigenvalue weighted by Gasteiger charge is 2.49. The van der Waals surface area contributed by atoms with Crippen LogP contribution in [0.4, 0.5) is 4.79 Å². The molecule has 0 radical (unpaired) electrons. The molecule has 3 heterocycles. The van der Waals surface area contributed by atoms with Crippen molar-refractivity contribution >= 4 is 11.9 Å². The van der Waals surface area contributed by atoms with E-state index >= 15 is 0 Å². The smallest absolute Gasteiger partial charge is 0.325 e. The third-order valence-corrected chi connectivity index (χ3v) is 5.51. The van der Waals surface area contributed by atoms with E-state index < -0.39 is 11.6 Å². The fraction of sp³-hybridized carbons (Fsp3) is 0.261. The predicted molar refractivity (Wildman–Crippen MR) is 110 cm³/mol. The van der Waals surface area contributed by atoms with Crippen LogP contribution in [0.3, 0.4) is 0 Å². The minimum Gasteiger partial charge on any atom is -0.490 e. The maximum Gasteiger partial charge on any atom is 0.325 e. The quantitative estimate of drug-likeness (QED) is 0.651. The van der Waals surface area contributed by atoms with Crippen LogP contribution in [0.15, 0.2) is 59.1 Å². The number of hydrogen-bond acceptors (Lipinski definition) is 6. The molecule has 158 valence electrons. The second-order valence-corrected chi connectivity index (χ2v) is 7.64. The van der Waals surface area contributed by atoms with Gasteiger partial charge in [0.15, 0.2) is 17.3 Å². The van der Waals surface area contributed by atoms with Gasteiger partial charge >= 0.3 is 6.03 Å². The first-order valence-corrected chi connectivity index (χ1v) is 10.1. The molecule has 0 aliphatic carbocycles. The summed E-state index contributed by atoms with van der Waals surface area (Å²) in [5.41, 5.74) is 0.266. The molecule has 31 heavy (non-hydrogen) atoms. The Labute approximate surface area is 178 Å². The lowest BCUT2D eigenvalue weighted by atomic mass is 9.91. The first-order valence-electron chi connectivity index (χ1n) is 10.1. The van der Waals surface area contributed by atoms with Gasteiger partial charge in [0.2, 0.25) is 5.89 Å². The summed E-state index contributed by atoms with van der Waals surface area (Å²) in [7, 11) is 0. The number of hydrogen-bond donors (Lipinski definition) is 1. The first kappa shape index (κ1) is 19.2. The fourth-order valence-electron chi connectivity index (χ4n) is 3.76. The van der Waals surface area contributed by atoms with Crippen LogP contribution in [-0.2, 0) is 16.9 Å². The maximum absolute atomic E-state index is 13.3. The van der Waals surface area contributed by atoms with E-state index in [-0.39, 0.29) is 18.3 Å². The lowest BCUT2D eigenvalue weighted by Gasteiger charge is -2.23. The molecule has 2 aliphatic heterocycles. The summed E-state index contributed by atoms with van der Waals surface area (Å²) in [6, 6.07) is 14.3. The van der Waals surface area contributed by atoms with Gasteiger partial charge in [0.1, 0.15) is 12.1 Å². The van der Waals surface area contributed by atoms with Crippen molar-refractivity contribution in [1.29, 1.82) is 0 Å². The van der Waals surface area contributed by atoms with Crippen molar-refractivity contribution in [1.82, 2.24) is 15.2 Å². The Kier molecular flexibility index (Phi) is 4.62. The van der Waals surface area contributed by atoms with Crippen molar-refractivity contribution in [2.45, 2.75) is 25.4 Å². The zero-order valence-electron chi connectivity index (χ0n) is 17.0. The Morgan fingerprint density at radius 1 is 1.06 bits per heavy atom. The number of benzene rings is 2. The van der Waals surface area contributed by atoms with Gasteiger partial charge in [-0.3, -0.25) is 9.69 Å². The van der Waals surface area contributed by atoms with Crippen molar-refractivity contribution < 1.29 is 23.5 Å². The minimum absolute atomic E-state index is 0.0579. The first-order chi connectivity index (χ1) is 15.0. The van der Waals surface area contributed by atoms with Crippen molar-refractivity contribution in [3.05, 3.63) is 66.2 Å². The molecule has 0 spiro atoms. The van der Waals surface area contributed by atoms with E-state index in [9.17, 15) is 9.59 Å². The SMILES string of the molecule is CC1(c2ccc3c(c2)OCCCO3)NC(=O)N(Cc2ncc(-c3ccccc3)o2)C1=O. The monoisotopic (exact) mass is 419 g/mol. The molecule has 1 N–H and O–H groups in total. The number of nitrogens with one attached hydrogen (secondary N) is 1. The molecule has 1 aromatic heterocycles. The van der Waals surface area contributed by atoms with Gasteiger partial charge < -0.3 is 19.2 Å². The molecule has 5 rings (SSSR count). The normalized spacial score (nSPS) is 20.5. The molecular weight excluding hydrogens is 398 g/mol. The summed E-state index contributed by atoms with van der Waals surface area (Å²) in [5, 5.41) is 2.80. The number of ether oxygens (including phenoxy) is 2. The number of imide groups is 1. The zero-order valence-corrected chi connectivity index (χ0v) is 17.0. The third-order valence-electron chi connectivity index (χ3n) is 5.51. The van der Waals surface area contributed by atoms with E-state index in [2.05, 4.69) is 10.3 Å². The lowest BCUT2D eigenvalue weighted by Crippen LogP contribution is -2.40. The van der Waals surface area contributed by atoms with Gasteiger partial charge in [0, 0.05) is 12.0 Å². The largest absolute Gasteiger partial charge is 0.490 e. The van der Waals surface area contributed by atoms with E-state index in [1.54, 1.807) is 31.3 Å². The minimum atomic E-state index is -1.23. The Bertz CT molecular complexity index is 1140. The van der Waals surface area contributed by atoms with Crippen LogP contribution < -0.4 is 14.8 Å². The topological polar surface area (TPSA) is 93.9 Å². The number of aromatic nitrogens is 1. The third kappa shape index (κ3) is 3.39. The molecule has 2 aromatic carbocycles. The summed E-state index contributed by atoms with van der Waals surface area (Å²) >= 11 is 0. The van der Waals surface area contributed by atoms with Crippen molar-refractivity contribution in [2.24, 2.45) is 0 Å². The van der Waals surface area contributed by atoms with Crippen molar-refractivity contribution in [3.63, 3.8) is 0 Å². The van der Waals surface area contributed by atoms with Crippen LogP contribution in [0.5, 0.6) is 11.5 Å². The molecular formula is C23H21N3O5. The highest BCUT2D eigenvalue weighted by molar-refractivity contribution is 6.07. The van der Waals surface area contributed by atoms with E-state index in [1.165, 1.54) is 0 Å². The Morgan fingerprint density at radius 3 is 2.65 bits per heavy atom. The molecule has 8 heteroatoms. The summed E-state index contributed by atoms with van der Waals surface area (Å²) in [4.78, 5) is 31.3. The molecule has 3 aromatic rings. The van der Waals surface area contributed by atoms with E-state index in [0.717, 1.165) is 16.9 Å². The number of fused-ring (bicyclic) bond motifs is 1. The van der Waals surface area contributed by atoms with Gasteiger partial charge in [-0.2, -0.15) is 0 Å². The van der Waals surface area contributed by atoms with Crippen molar-refractivity contribution in [2.75, 3.05) is 13.2 Å². The number of oxazole rings is 1. The Hall–Kier alpha value is -3.81. The second-order valence-electron chi connectivity index (χ2n) is 7.64. The average Bonchev–Trinajstić information content (AvgIpc) is 3.23. The average molecular weight is 419 g/mol. The van der Waals surface area contributed by atoms with Gasteiger partial charge in [-0.05, 0) is 24.6 Å². The van der Waals surface area contributed by atoms with E-state index in [0.29, 0.717) is 36.0 Å². The van der Waals surface area contributed by atoms with Gasteiger partial charge in [-0.25, -0.2) is 9.78 Å². The lowest BCUT2D eigenvalue weighted by molar-refractivity contribution is -0.131. The number of urea groups is 1. The van der Waals surface area contributed by atoms with Crippen LogP contribution in [-0.4, -0.2) is 35.0 Å². The number of amides is 3. The molecule has 0 bridgehead atoms. The maximum atomic E-state index is 13.3. The summed E-state index contributed by atoms with van der Waals surface area (Å²) in [6.45, 7) is 2.73. The number of carbonyl (C=O) groups excluding carboxylic acids is 2. The Balaban J connectivity index is 1.38. The highest BCUT2D eigenvalue weighted by atomic mass is 16.5. The number of carbonyl (C=O) groups is 2. The summed E-state index contributed by atoms with van der Waals surface area (Å²) in [6.07, 6.45) is 2.37. The fourth-order valence-corrected chi connectivity index (χ4v) is 3.76. The van der Waals surface area contributed by atoms with Gasteiger partial charge in [-0.1, -0.05) is 36.4 Å². The molecule has 1 fully saturated rings. The molecule has 1 unspecified atom stereocenters. The molecule has 8 nitrogen and oxygen atoms in total. The van der Waals surface area contributed by atoms with Crippen LogP contribution in [0.2, 0.25) is 0 Å². The van der Waals surface area contributed by atoms with Crippen molar-refractivity contribution in [3.8, 4) is 22.8 Å². The zero-order chi connectivity index (χ0) is 21.4. The molecule has 0 saturated carbocycles. The number of rotatable bonds is 4. The van der Waals surface area contributed by atoms with E-state index in [4.69, 9.17) is 13.9 Å². The standard InChI is InChI=1S/C23H21N3O5/c1-23(16-8-9-17-18(12-16)30-11-5-10-29-17)21(27)26(22(28)25-23)14-20-24-13-19(31-20)15-6-3-2-4-7-15/h2-4,6-9,12-13H,5,10-11,14H2,1H3,(H,25,28). The van der Waals surface area contributed by atoms with Gasteiger partial charge in [0.25, 0.3) is 5.91 Å². The van der Waals surface area contributed by atoms with Crippen LogP contribution in [0, 0.1) is 0 Å². The van der Waals surface area contributed by atoms with Crippen LogP contribution >= 0.6 is 0 Å². The molecule has 2 aliphatic rings. The van der Waals surface area contributed by atoms with Gasteiger partial charge in [0.05, 0.1) is 19.4 Å². The summed E-state index contributed by atoms with van der Waals surface area (Å²) < 4.78 is 17.2.